The molecule has 0 N–H and O–H groups in total. The Kier molecular flexibility index (Phi) is 2.13. The second-order valence-electron chi connectivity index (χ2n) is 6.37. The molecule has 2 aliphatic carbocycles. The Morgan fingerprint density at radius 3 is 2.61 bits per heavy atom. The van der Waals surface area contributed by atoms with Crippen molar-refractivity contribution in [3.8, 4) is 0 Å². The number of hydrogen-bond donors (Lipinski definition) is 0. The molecule has 1 amide bonds. The molecule has 2 bridgehead atoms. The summed E-state index contributed by atoms with van der Waals surface area (Å²) in [5.41, 5.74) is -0.405. The molecule has 3 atom stereocenters. The highest BCUT2D eigenvalue weighted by Crippen LogP contribution is 2.69. The van der Waals surface area contributed by atoms with Crippen LogP contribution in [0.2, 0.25) is 0 Å². The van der Waals surface area contributed by atoms with Crippen LogP contribution in [0.5, 0.6) is 0 Å². The molecule has 1 saturated heterocycles. The van der Waals surface area contributed by atoms with Crippen LogP contribution in [0.25, 0.3) is 0 Å². The van der Waals surface area contributed by atoms with Crippen molar-refractivity contribution in [2.75, 3.05) is 5.75 Å². The van der Waals surface area contributed by atoms with Crippen molar-refractivity contribution >= 4 is 22.2 Å². The third kappa shape index (κ3) is 1.10. The van der Waals surface area contributed by atoms with Gasteiger partial charge in [-0.25, -0.2) is 12.7 Å². The van der Waals surface area contributed by atoms with Crippen molar-refractivity contribution in [3.05, 3.63) is 0 Å². The number of amides is 1. The number of carbonyl (C=O) groups is 2. The topological polar surface area (TPSA) is 71.5 Å². The normalized spacial score (nSPS) is 42.9. The van der Waals surface area contributed by atoms with Gasteiger partial charge in [-0.1, -0.05) is 13.8 Å². The summed E-state index contributed by atoms with van der Waals surface area (Å²) in [6, 6.07) is -0.297. The summed E-state index contributed by atoms with van der Waals surface area (Å²) < 4.78 is 25.3. The molecule has 0 aromatic rings. The van der Waals surface area contributed by atoms with Gasteiger partial charge in [-0.05, 0) is 30.6 Å². The molecule has 1 heterocycles. The van der Waals surface area contributed by atoms with Gasteiger partial charge in [-0.3, -0.25) is 9.59 Å². The van der Waals surface area contributed by atoms with Crippen LogP contribution < -0.4 is 0 Å². The Balaban J connectivity index is 2.14. The lowest BCUT2D eigenvalue weighted by molar-refractivity contribution is -0.137. The summed E-state index contributed by atoms with van der Waals surface area (Å²) in [4.78, 5) is 22.3. The minimum absolute atomic E-state index is 0.0216. The van der Waals surface area contributed by atoms with Gasteiger partial charge in [-0.2, -0.15) is 0 Å². The zero-order valence-electron chi connectivity index (χ0n) is 10.5. The minimum atomic E-state index is -3.62. The van der Waals surface area contributed by atoms with Crippen molar-refractivity contribution in [2.24, 2.45) is 16.7 Å². The van der Waals surface area contributed by atoms with Crippen molar-refractivity contribution in [2.45, 2.75) is 39.2 Å². The molecule has 3 aliphatic rings. The van der Waals surface area contributed by atoms with Gasteiger partial charge < -0.3 is 0 Å². The molecule has 100 valence electrons. The molecule has 3 fully saturated rings. The first kappa shape index (κ1) is 12.1. The predicted octanol–water partition coefficient (Wildman–Crippen LogP) is 0.552. The number of aldehydes is 1. The van der Waals surface area contributed by atoms with E-state index in [0.29, 0.717) is 12.3 Å². The molecular formula is C12H17NO4S. The zero-order valence-corrected chi connectivity index (χ0v) is 11.4. The second kappa shape index (κ2) is 3.15. The van der Waals surface area contributed by atoms with E-state index < -0.39 is 15.9 Å². The van der Waals surface area contributed by atoms with Gasteiger partial charge >= 0.3 is 0 Å². The molecule has 0 aromatic carbocycles. The summed E-state index contributed by atoms with van der Waals surface area (Å²) in [7, 11) is -3.62. The van der Waals surface area contributed by atoms with Gasteiger partial charge in [0, 0.05) is 5.41 Å². The number of rotatable bonds is 1. The lowest BCUT2D eigenvalue weighted by Crippen LogP contribution is -2.44. The quantitative estimate of drug-likeness (QED) is 0.516. The highest BCUT2D eigenvalue weighted by atomic mass is 32.2. The first-order chi connectivity index (χ1) is 8.26. The van der Waals surface area contributed by atoms with Crippen molar-refractivity contribution in [1.29, 1.82) is 0 Å². The summed E-state index contributed by atoms with van der Waals surface area (Å²) in [6.07, 6.45) is 2.71. The van der Waals surface area contributed by atoms with Crippen molar-refractivity contribution in [1.82, 2.24) is 4.31 Å². The standard InChI is InChI=1S/C12H17NO4S/c1-11(2)8-3-4-12(11)7-18(16,17)13(9(12)5-8)10(15)6-14/h6,8-9H,3-5,7H2,1-2H3/t8?,9-,12?/m1/s1. The smallest absolute Gasteiger partial charge is 0.292 e. The van der Waals surface area contributed by atoms with Crippen LogP contribution in [0.15, 0.2) is 0 Å². The third-order valence-corrected chi connectivity index (χ3v) is 7.64. The van der Waals surface area contributed by atoms with Crippen LogP contribution in [0.4, 0.5) is 0 Å². The lowest BCUT2D eigenvalue weighted by atomic mass is 9.69. The van der Waals surface area contributed by atoms with E-state index in [1.54, 1.807) is 0 Å². The summed E-state index contributed by atoms with van der Waals surface area (Å²) in [5.74, 6) is -0.423. The fraction of sp³-hybridized carbons (Fsp3) is 0.833. The van der Waals surface area contributed by atoms with Crippen LogP contribution in [0.1, 0.15) is 33.1 Å². The Hall–Kier alpha value is -0.910. The van der Waals surface area contributed by atoms with E-state index in [-0.39, 0.29) is 28.9 Å². The number of nitrogens with zero attached hydrogens (tertiary/aromatic N) is 1. The van der Waals surface area contributed by atoms with Crippen LogP contribution in [0, 0.1) is 16.7 Å². The Morgan fingerprint density at radius 2 is 2.06 bits per heavy atom. The first-order valence-corrected chi connectivity index (χ1v) is 7.88. The molecule has 18 heavy (non-hydrogen) atoms. The molecular weight excluding hydrogens is 254 g/mol. The summed E-state index contributed by atoms with van der Waals surface area (Å²) in [6.45, 7) is 4.21. The van der Waals surface area contributed by atoms with Gasteiger partial charge in [-0.15, -0.1) is 0 Å². The van der Waals surface area contributed by atoms with Crippen LogP contribution in [-0.4, -0.2) is 36.7 Å². The number of carbonyl (C=O) groups excluding carboxylic acids is 2. The molecule has 2 unspecified atom stereocenters. The van der Waals surface area contributed by atoms with Crippen molar-refractivity contribution < 1.29 is 18.0 Å². The Labute approximate surface area is 107 Å². The second-order valence-corrected chi connectivity index (χ2v) is 8.22. The first-order valence-electron chi connectivity index (χ1n) is 6.27. The van der Waals surface area contributed by atoms with Gasteiger partial charge in [0.2, 0.25) is 16.3 Å². The maximum absolute atomic E-state index is 12.2. The molecule has 3 rings (SSSR count). The predicted molar refractivity (Wildman–Crippen MR) is 64.0 cm³/mol. The monoisotopic (exact) mass is 271 g/mol. The Morgan fingerprint density at radius 1 is 1.39 bits per heavy atom. The van der Waals surface area contributed by atoms with E-state index in [0.717, 1.165) is 17.1 Å². The highest BCUT2D eigenvalue weighted by molar-refractivity contribution is 7.90. The van der Waals surface area contributed by atoms with E-state index in [9.17, 15) is 18.0 Å². The van der Waals surface area contributed by atoms with E-state index in [1.807, 2.05) is 0 Å². The van der Waals surface area contributed by atoms with Gasteiger partial charge in [0.25, 0.3) is 5.91 Å². The zero-order chi connectivity index (χ0) is 13.3. The fourth-order valence-electron chi connectivity index (χ4n) is 4.63. The maximum Gasteiger partial charge on any atom is 0.300 e. The van der Waals surface area contributed by atoms with Crippen LogP contribution >= 0.6 is 0 Å². The third-order valence-electron chi connectivity index (χ3n) is 5.73. The van der Waals surface area contributed by atoms with Gasteiger partial charge in [0.15, 0.2) is 0 Å². The van der Waals surface area contributed by atoms with Gasteiger partial charge in [0.05, 0.1) is 11.8 Å². The molecule has 6 heteroatoms. The molecule has 1 aliphatic heterocycles. The molecule has 1 spiro atoms. The minimum Gasteiger partial charge on any atom is -0.292 e. The van der Waals surface area contributed by atoms with Gasteiger partial charge in [0.1, 0.15) is 0 Å². The van der Waals surface area contributed by atoms with E-state index in [4.69, 9.17) is 0 Å². The van der Waals surface area contributed by atoms with Crippen LogP contribution in [0.3, 0.4) is 0 Å². The lowest BCUT2D eigenvalue weighted by Gasteiger charge is -2.36. The number of sulfonamides is 1. The average molecular weight is 271 g/mol. The molecule has 0 radical (unpaired) electrons. The molecule has 5 nitrogen and oxygen atoms in total. The van der Waals surface area contributed by atoms with E-state index in [2.05, 4.69) is 13.8 Å². The SMILES string of the molecule is CC1(C)C2CCC13CS(=O)(=O)N(C(=O)C=O)[C@@H]3C2. The molecule has 0 aromatic heterocycles. The Bertz CT molecular complexity index is 538. The maximum atomic E-state index is 12.2. The number of hydrogen-bond acceptors (Lipinski definition) is 4. The fourth-order valence-corrected chi connectivity index (χ4v) is 7.12. The number of fused-ring (bicyclic) bond motifs is 1. The van der Waals surface area contributed by atoms with E-state index >= 15 is 0 Å². The largest absolute Gasteiger partial charge is 0.300 e. The van der Waals surface area contributed by atoms with Crippen LogP contribution in [-0.2, 0) is 19.6 Å². The average Bonchev–Trinajstić information content (AvgIpc) is 2.74. The molecule has 2 saturated carbocycles. The highest BCUT2D eigenvalue weighted by Gasteiger charge is 2.72. The summed E-state index contributed by atoms with van der Waals surface area (Å²) >= 11 is 0. The van der Waals surface area contributed by atoms with Crippen molar-refractivity contribution in [3.63, 3.8) is 0 Å². The summed E-state index contributed by atoms with van der Waals surface area (Å²) in [5, 5.41) is 0. The van der Waals surface area contributed by atoms with E-state index in [1.165, 1.54) is 0 Å².